The minimum atomic E-state index is -1.55. The van der Waals surface area contributed by atoms with Crippen LogP contribution in [0.25, 0.3) is 0 Å². The first-order valence-electron chi connectivity index (χ1n) is 7.61. The highest BCUT2D eigenvalue weighted by molar-refractivity contribution is 5.84. The summed E-state index contributed by atoms with van der Waals surface area (Å²) in [6.45, 7) is 0.829. The summed E-state index contributed by atoms with van der Waals surface area (Å²) in [5.41, 5.74) is 0. The molecule has 2 aliphatic rings. The molecule has 2 heterocycles. The maximum atomic E-state index is 11.8. The Morgan fingerprint density at radius 3 is 2.42 bits per heavy atom. The molecular formula is C14H23NO9. The number of hydrogen-bond acceptors (Lipinski definition) is 9. The minimum absolute atomic E-state index is 0.0874. The van der Waals surface area contributed by atoms with E-state index < -0.39 is 55.4 Å². The number of amides is 1. The van der Waals surface area contributed by atoms with Crippen molar-refractivity contribution in [1.29, 1.82) is 0 Å². The predicted molar refractivity (Wildman–Crippen MR) is 76.4 cm³/mol. The Balaban J connectivity index is 2.05. The maximum Gasteiger partial charge on any atom is 0.328 e. The molecule has 0 unspecified atom stereocenters. The van der Waals surface area contributed by atoms with E-state index in [4.69, 9.17) is 14.6 Å². The van der Waals surface area contributed by atoms with Crippen LogP contribution in [0.4, 0.5) is 0 Å². The lowest BCUT2D eigenvalue weighted by Crippen LogP contribution is -2.59. The van der Waals surface area contributed by atoms with Gasteiger partial charge >= 0.3 is 5.97 Å². The summed E-state index contributed by atoms with van der Waals surface area (Å²) in [5, 5.41) is 38.6. The first kappa shape index (κ1) is 19.0. The van der Waals surface area contributed by atoms with Gasteiger partial charge in [-0.3, -0.25) is 4.79 Å². The number of ether oxygens (including phenoxy) is 3. The molecule has 2 aliphatic heterocycles. The number of esters is 1. The van der Waals surface area contributed by atoms with E-state index in [0.717, 1.165) is 0 Å². The van der Waals surface area contributed by atoms with Crippen LogP contribution in [0.2, 0.25) is 0 Å². The van der Waals surface area contributed by atoms with Crippen LogP contribution in [-0.4, -0.2) is 100 Å². The summed E-state index contributed by atoms with van der Waals surface area (Å²) < 4.78 is 15.5. The molecule has 7 atom stereocenters. The van der Waals surface area contributed by atoms with E-state index in [9.17, 15) is 24.9 Å². The number of hydrogen-bond donors (Lipinski definition) is 4. The molecule has 1 amide bonds. The number of likely N-dealkylation sites (tertiary alicyclic amines) is 1. The zero-order valence-corrected chi connectivity index (χ0v) is 13.4. The zero-order valence-electron chi connectivity index (χ0n) is 13.4. The number of carbonyl (C=O) groups excluding carboxylic acids is 2. The van der Waals surface area contributed by atoms with Crippen LogP contribution < -0.4 is 0 Å². The maximum absolute atomic E-state index is 11.8. The second-order valence-electron chi connectivity index (χ2n) is 5.90. The fraction of sp³-hybridized carbons (Fsp3) is 0.857. The lowest BCUT2D eigenvalue weighted by atomic mass is 9.99. The van der Waals surface area contributed by atoms with Crippen LogP contribution >= 0.6 is 0 Å². The number of carbonyl (C=O) groups is 2. The molecule has 0 aromatic carbocycles. The quantitative estimate of drug-likeness (QED) is 0.389. The summed E-state index contributed by atoms with van der Waals surface area (Å²) in [5.74, 6) is -0.907. The largest absolute Gasteiger partial charge is 0.467 e. The van der Waals surface area contributed by atoms with Crippen LogP contribution in [0, 0.1) is 0 Å². The van der Waals surface area contributed by atoms with E-state index in [2.05, 4.69) is 4.74 Å². The molecule has 4 N–H and O–H groups in total. The number of aliphatic hydroxyl groups excluding tert-OH is 4. The van der Waals surface area contributed by atoms with Gasteiger partial charge in [-0.2, -0.15) is 0 Å². The summed E-state index contributed by atoms with van der Waals surface area (Å²) in [6, 6.07) is -0.803. The van der Waals surface area contributed by atoms with E-state index in [-0.39, 0.29) is 18.9 Å². The average molecular weight is 349 g/mol. The van der Waals surface area contributed by atoms with Gasteiger partial charge in [-0.25, -0.2) is 4.79 Å². The molecule has 2 rings (SSSR count). The number of aliphatic hydroxyl groups is 4. The molecule has 10 heteroatoms. The van der Waals surface area contributed by atoms with Crippen LogP contribution in [0.15, 0.2) is 0 Å². The number of methoxy groups -OCH3 is 1. The zero-order chi connectivity index (χ0) is 18.0. The van der Waals surface area contributed by atoms with Gasteiger partial charge in [0, 0.05) is 19.9 Å². The monoisotopic (exact) mass is 349 g/mol. The van der Waals surface area contributed by atoms with Crippen molar-refractivity contribution in [3.63, 3.8) is 0 Å². The van der Waals surface area contributed by atoms with E-state index in [1.165, 1.54) is 18.9 Å². The van der Waals surface area contributed by atoms with Gasteiger partial charge in [0.25, 0.3) is 0 Å². The molecule has 0 radical (unpaired) electrons. The summed E-state index contributed by atoms with van der Waals surface area (Å²) in [4.78, 5) is 24.7. The molecule has 0 aromatic heterocycles. The van der Waals surface area contributed by atoms with E-state index in [0.29, 0.717) is 0 Å². The topological polar surface area (TPSA) is 146 Å². The first-order chi connectivity index (χ1) is 11.3. The lowest BCUT2D eigenvalue weighted by Gasteiger charge is -2.40. The Hall–Kier alpha value is -1.30. The predicted octanol–water partition coefficient (Wildman–Crippen LogP) is -3.03. The van der Waals surface area contributed by atoms with Crippen molar-refractivity contribution in [2.75, 3.05) is 20.3 Å². The molecule has 0 spiro atoms. The van der Waals surface area contributed by atoms with Crippen molar-refractivity contribution in [3.8, 4) is 0 Å². The second kappa shape index (κ2) is 7.72. The van der Waals surface area contributed by atoms with Crippen molar-refractivity contribution in [2.24, 2.45) is 0 Å². The van der Waals surface area contributed by atoms with Gasteiger partial charge in [0.1, 0.15) is 30.5 Å². The van der Waals surface area contributed by atoms with Crippen molar-refractivity contribution < 1.29 is 44.2 Å². The lowest BCUT2D eigenvalue weighted by molar-refractivity contribution is -0.310. The van der Waals surface area contributed by atoms with Crippen molar-refractivity contribution in [1.82, 2.24) is 4.90 Å². The average Bonchev–Trinajstić information content (AvgIpc) is 2.98. The fourth-order valence-corrected chi connectivity index (χ4v) is 2.97. The van der Waals surface area contributed by atoms with Gasteiger partial charge in [-0.05, 0) is 0 Å². The molecule has 24 heavy (non-hydrogen) atoms. The van der Waals surface area contributed by atoms with Gasteiger partial charge in [0.2, 0.25) is 5.91 Å². The standard InChI is InChI=1S/C14H23NO9/c1-6(17)15-4-7(3-8(15)13(21)22-2)23-14-12(20)11(19)10(18)9(5-16)24-14/h7-12,14,16,18-20H,3-5H2,1-2H3/t7-,8+,9-,10+,11+,12-,14-/m1/s1. The van der Waals surface area contributed by atoms with Gasteiger partial charge in [0.15, 0.2) is 6.29 Å². The highest BCUT2D eigenvalue weighted by Crippen LogP contribution is 2.27. The molecular weight excluding hydrogens is 326 g/mol. The van der Waals surface area contributed by atoms with E-state index in [1.807, 2.05) is 0 Å². The Bertz CT molecular complexity index is 471. The smallest absolute Gasteiger partial charge is 0.328 e. The summed E-state index contributed by atoms with van der Waals surface area (Å²) in [6.07, 6.45) is -7.47. The van der Waals surface area contributed by atoms with Crippen molar-refractivity contribution >= 4 is 11.9 Å². The van der Waals surface area contributed by atoms with E-state index in [1.54, 1.807) is 0 Å². The normalized spacial score (nSPS) is 39.8. The Morgan fingerprint density at radius 1 is 1.21 bits per heavy atom. The number of nitrogens with zero attached hydrogens (tertiary/aromatic N) is 1. The Morgan fingerprint density at radius 2 is 1.88 bits per heavy atom. The minimum Gasteiger partial charge on any atom is -0.467 e. The summed E-state index contributed by atoms with van der Waals surface area (Å²) >= 11 is 0. The van der Waals surface area contributed by atoms with Crippen molar-refractivity contribution in [3.05, 3.63) is 0 Å². The Kier molecular flexibility index (Phi) is 6.12. The van der Waals surface area contributed by atoms with Gasteiger partial charge in [0.05, 0.1) is 19.8 Å². The third kappa shape index (κ3) is 3.68. The second-order valence-corrected chi connectivity index (χ2v) is 5.90. The third-order valence-electron chi connectivity index (χ3n) is 4.32. The SMILES string of the molecule is COC(=O)[C@@H]1C[C@@H](O[C@@H]2O[C@H](CO)[C@H](O)[C@H](O)[C@H]2O)CN1C(C)=O. The molecule has 2 saturated heterocycles. The summed E-state index contributed by atoms with van der Waals surface area (Å²) in [7, 11) is 1.21. The molecule has 0 aliphatic carbocycles. The van der Waals surface area contributed by atoms with Gasteiger partial charge in [-0.1, -0.05) is 0 Å². The highest BCUT2D eigenvalue weighted by Gasteiger charge is 2.47. The molecule has 138 valence electrons. The number of rotatable bonds is 4. The molecule has 10 nitrogen and oxygen atoms in total. The fourth-order valence-electron chi connectivity index (χ4n) is 2.97. The van der Waals surface area contributed by atoms with Crippen molar-refractivity contribution in [2.45, 2.75) is 56.2 Å². The van der Waals surface area contributed by atoms with Gasteiger partial charge < -0.3 is 39.5 Å². The molecule has 0 saturated carbocycles. The van der Waals surface area contributed by atoms with Crippen LogP contribution in [0.3, 0.4) is 0 Å². The molecule has 2 fully saturated rings. The van der Waals surface area contributed by atoms with Crippen LogP contribution in [0.5, 0.6) is 0 Å². The van der Waals surface area contributed by atoms with E-state index >= 15 is 0 Å². The third-order valence-corrected chi connectivity index (χ3v) is 4.32. The highest BCUT2D eigenvalue weighted by atomic mass is 16.7. The van der Waals surface area contributed by atoms with Crippen LogP contribution in [-0.2, 0) is 23.8 Å². The molecule has 0 bridgehead atoms. The molecule has 0 aromatic rings. The Labute approximate surface area is 138 Å². The van der Waals surface area contributed by atoms with Gasteiger partial charge in [-0.15, -0.1) is 0 Å². The van der Waals surface area contributed by atoms with Crippen LogP contribution in [0.1, 0.15) is 13.3 Å². The first-order valence-corrected chi connectivity index (χ1v) is 7.61.